The van der Waals surface area contributed by atoms with E-state index in [1.165, 1.54) is 43.5 Å². The molecular formula is C18H15F3N6O4. The Morgan fingerprint density at radius 3 is 2.61 bits per heavy atom. The Morgan fingerprint density at radius 2 is 2.03 bits per heavy atom. The van der Waals surface area contributed by atoms with Crippen LogP contribution in [-0.4, -0.2) is 27.0 Å². The molecule has 2 aromatic heterocycles. The number of anilines is 3. The van der Waals surface area contributed by atoms with Gasteiger partial charge in [-0.1, -0.05) is 12.1 Å². The lowest BCUT2D eigenvalue weighted by molar-refractivity contribution is -0.383. The summed E-state index contributed by atoms with van der Waals surface area (Å²) in [5.41, 5.74) is 6.03. The molecule has 1 amide bonds. The molecule has 4 N–H and O–H groups in total. The first-order valence-corrected chi connectivity index (χ1v) is 8.63. The number of amides is 1. The molecule has 3 aromatic rings. The van der Waals surface area contributed by atoms with Crippen molar-refractivity contribution in [2.45, 2.75) is 19.6 Å². The van der Waals surface area contributed by atoms with Crippen molar-refractivity contribution in [3.8, 4) is 11.5 Å². The molecular weight excluding hydrogens is 421 g/mol. The number of aryl methyl sites for hydroxylation is 1. The highest BCUT2D eigenvalue weighted by molar-refractivity contribution is 5.95. The molecule has 0 fully saturated rings. The molecule has 0 aliphatic heterocycles. The molecule has 0 radical (unpaired) electrons. The molecule has 0 atom stereocenters. The minimum absolute atomic E-state index is 0.0107. The van der Waals surface area contributed by atoms with Crippen LogP contribution in [0.1, 0.15) is 11.1 Å². The third kappa shape index (κ3) is 4.88. The quantitative estimate of drug-likeness (QED) is 0.392. The summed E-state index contributed by atoms with van der Waals surface area (Å²) in [6, 6.07) is 7.29. The maximum atomic E-state index is 12.4. The van der Waals surface area contributed by atoms with Gasteiger partial charge in [0.05, 0.1) is 11.2 Å². The topological polar surface area (TPSA) is 149 Å². The van der Waals surface area contributed by atoms with E-state index in [1.807, 2.05) is 0 Å². The highest BCUT2D eigenvalue weighted by Gasteiger charge is 2.38. The van der Waals surface area contributed by atoms with Gasteiger partial charge in [-0.15, -0.1) is 0 Å². The van der Waals surface area contributed by atoms with Crippen LogP contribution in [0.15, 0.2) is 41.0 Å². The van der Waals surface area contributed by atoms with E-state index in [4.69, 9.17) is 10.2 Å². The van der Waals surface area contributed by atoms with E-state index in [-0.39, 0.29) is 35.5 Å². The van der Waals surface area contributed by atoms with Crippen molar-refractivity contribution in [2.24, 2.45) is 0 Å². The minimum atomic E-state index is -5.01. The van der Waals surface area contributed by atoms with Gasteiger partial charge >= 0.3 is 17.8 Å². The van der Waals surface area contributed by atoms with Crippen molar-refractivity contribution in [1.82, 2.24) is 9.97 Å². The summed E-state index contributed by atoms with van der Waals surface area (Å²) < 4.78 is 42.4. The molecule has 0 unspecified atom stereocenters. The van der Waals surface area contributed by atoms with Crippen molar-refractivity contribution in [3.05, 3.63) is 57.8 Å². The second-order valence-electron chi connectivity index (χ2n) is 6.32. The van der Waals surface area contributed by atoms with Crippen LogP contribution in [0.25, 0.3) is 11.5 Å². The summed E-state index contributed by atoms with van der Waals surface area (Å²) in [7, 11) is 0. The van der Waals surface area contributed by atoms with Crippen molar-refractivity contribution in [1.29, 1.82) is 0 Å². The fourth-order valence-electron chi connectivity index (χ4n) is 2.71. The van der Waals surface area contributed by atoms with Crippen LogP contribution in [0.2, 0.25) is 0 Å². The zero-order valence-electron chi connectivity index (χ0n) is 15.9. The predicted molar refractivity (Wildman–Crippen MR) is 104 cm³/mol. The first-order chi connectivity index (χ1) is 14.6. The zero-order chi connectivity index (χ0) is 22.8. The zero-order valence-corrected chi connectivity index (χ0v) is 15.9. The number of aromatic nitrogens is 2. The second-order valence-corrected chi connectivity index (χ2v) is 6.32. The number of nitrogens with one attached hydrogen (secondary N) is 2. The van der Waals surface area contributed by atoms with Crippen molar-refractivity contribution in [2.75, 3.05) is 16.4 Å². The number of nitro groups is 1. The van der Waals surface area contributed by atoms with E-state index in [1.54, 1.807) is 5.32 Å². The Bertz CT molecular complexity index is 1130. The average Bonchev–Trinajstić information content (AvgIpc) is 3.21. The van der Waals surface area contributed by atoms with Gasteiger partial charge in [-0.3, -0.25) is 14.9 Å². The Labute approximate surface area is 172 Å². The fourth-order valence-corrected chi connectivity index (χ4v) is 2.71. The molecule has 31 heavy (non-hydrogen) atoms. The molecule has 1 aromatic carbocycles. The molecule has 0 bridgehead atoms. The van der Waals surface area contributed by atoms with Crippen LogP contribution in [0.5, 0.6) is 0 Å². The number of nitrogen functional groups attached to an aromatic ring is 1. The summed E-state index contributed by atoms with van der Waals surface area (Å²) in [5, 5.41) is 16.2. The van der Waals surface area contributed by atoms with E-state index in [0.29, 0.717) is 11.1 Å². The number of benzene rings is 1. The molecule has 0 saturated heterocycles. The van der Waals surface area contributed by atoms with E-state index in [2.05, 4.69) is 15.3 Å². The first kappa shape index (κ1) is 21.5. The SMILES string of the molecule is Cc1cc(CNc2nc(N)nc(-c3ccco3)c2[N+](=O)[O-])ccc1NC(=O)C(F)(F)F. The first-order valence-electron chi connectivity index (χ1n) is 8.63. The van der Waals surface area contributed by atoms with Gasteiger partial charge in [-0.05, 0) is 36.2 Å². The van der Waals surface area contributed by atoms with Crippen LogP contribution < -0.4 is 16.4 Å². The number of hydrogen-bond acceptors (Lipinski definition) is 8. The predicted octanol–water partition coefficient (Wildman–Crippen LogP) is 3.65. The van der Waals surface area contributed by atoms with Gasteiger partial charge in [0.1, 0.15) is 0 Å². The summed E-state index contributed by atoms with van der Waals surface area (Å²) in [6.45, 7) is 1.54. The Balaban J connectivity index is 1.84. The number of nitrogens with two attached hydrogens (primary N) is 1. The average molecular weight is 436 g/mol. The van der Waals surface area contributed by atoms with Crippen molar-refractivity contribution < 1.29 is 27.3 Å². The number of halogens is 3. The molecule has 13 heteroatoms. The van der Waals surface area contributed by atoms with Crippen LogP contribution >= 0.6 is 0 Å². The molecule has 10 nitrogen and oxygen atoms in total. The summed E-state index contributed by atoms with van der Waals surface area (Å²) in [4.78, 5) is 29.8. The minimum Gasteiger partial charge on any atom is -0.462 e. The monoisotopic (exact) mass is 436 g/mol. The van der Waals surface area contributed by atoms with Crippen LogP contribution in [-0.2, 0) is 11.3 Å². The lowest BCUT2D eigenvalue weighted by atomic mass is 10.1. The van der Waals surface area contributed by atoms with E-state index >= 15 is 0 Å². The van der Waals surface area contributed by atoms with E-state index in [9.17, 15) is 28.1 Å². The molecule has 0 saturated carbocycles. The van der Waals surface area contributed by atoms with Gasteiger partial charge in [0.25, 0.3) is 0 Å². The van der Waals surface area contributed by atoms with Crippen LogP contribution in [0.4, 0.5) is 36.3 Å². The van der Waals surface area contributed by atoms with Gasteiger partial charge in [0.15, 0.2) is 11.5 Å². The van der Waals surface area contributed by atoms with Gasteiger partial charge in [0.2, 0.25) is 11.8 Å². The van der Waals surface area contributed by atoms with Crippen molar-refractivity contribution in [3.63, 3.8) is 0 Å². The molecule has 0 aliphatic rings. The van der Waals surface area contributed by atoms with Crippen LogP contribution in [0.3, 0.4) is 0 Å². The Hall–Kier alpha value is -4.16. The molecule has 162 valence electrons. The molecule has 0 spiro atoms. The third-order valence-electron chi connectivity index (χ3n) is 4.09. The number of alkyl halides is 3. The summed E-state index contributed by atoms with van der Waals surface area (Å²) in [6.07, 6.45) is -3.68. The standard InChI is InChI=1S/C18H15F3N6O4/c1-9-7-10(4-5-11(9)24-16(28)18(19,20)21)8-23-15-14(27(29)30)13(25-17(22)26-15)12-3-2-6-31-12/h2-7H,8H2,1H3,(H,24,28)(H3,22,23,25,26). The fraction of sp³-hybridized carbons (Fsp3) is 0.167. The summed E-state index contributed by atoms with van der Waals surface area (Å²) in [5.74, 6) is -2.33. The van der Waals surface area contributed by atoms with Gasteiger partial charge in [0, 0.05) is 12.2 Å². The number of rotatable bonds is 6. The maximum Gasteiger partial charge on any atom is 0.471 e. The lowest BCUT2D eigenvalue weighted by Crippen LogP contribution is -2.30. The highest BCUT2D eigenvalue weighted by Crippen LogP contribution is 2.34. The smallest absolute Gasteiger partial charge is 0.462 e. The van der Waals surface area contributed by atoms with Crippen molar-refractivity contribution >= 4 is 29.0 Å². The number of carbonyl (C=O) groups is 1. The lowest BCUT2D eigenvalue weighted by Gasteiger charge is -2.13. The number of carbonyl (C=O) groups excluding carboxylic acids is 1. The van der Waals surface area contributed by atoms with E-state index in [0.717, 1.165) is 0 Å². The Kier molecular flexibility index (Phi) is 5.77. The number of furan rings is 1. The third-order valence-corrected chi connectivity index (χ3v) is 4.09. The van der Waals surface area contributed by atoms with E-state index < -0.39 is 22.7 Å². The van der Waals surface area contributed by atoms with Gasteiger partial charge in [-0.2, -0.15) is 18.2 Å². The normalized spacial score (nSPS) is 11.2. The van der Waals surface area contributed by atoms with Gasteiger partial charge < -0.3 is 20.8 Å². The molecule has 2 heterocycles. The maximum absolute atomic E-state index is 12.4. The second kappa shape index (κ2) is 8.30. The Morgan fingerprint density at radius 1 is 1.29 bits per heavy atom. The summed E-state index contributed by atoms with van der Waals surface area (Å²) >= 11 is 0. The number of nitrogens with zero attached hydrogens (tertiary/aromatic N) is 3. The largest absolute Gasteiger partial charge is 0.471 e. The van der Waals surface area contributed by atoms with Crippen LogP contribution in [0, 0.1) is 17.0 Å². The molecule has 3 rings (SSSR count). The van der Waals surface area contributed by atoms with Gasteiger partial charge in [-0.25, -0.2) is 4.98 Å². The molecule has 0 aliphatic carbocycles. The number of hydrogen-bond donors (Lipinski definition) is 3. The highest BCUT2D eigenvalue weighted by atomic mass is 19.4.